The predicted octanol–water partition coefficient (Wildman–Crippen LogP) is 2.84. The highest BCUT2D eigenvalue weighted by atomic mass is 32.2. The monoisotopic (exact) mass is 489 g/mol. The van der Waals surface area contributed by atoms with Gasteiger partial charge in [-0.2, -0.15) is 0 Å². The molecule has 0 fully saturated rings. The van der Waals surface area contributed by atoms with Gasteiger partial charge in [-0.05, 0) is 63.9 Å². The highest BCUT2D eigenvalue weighted by Gasteiger charge is 2.30. The van der Waals surface area contributed by atoms with Crippen molar-refractivity contribution in [3.05, 3.63) is 60.2 Å². The van der Waals surface area contributed by atoms with Crippen LogP contribution in [0, 0.1) is 0 Å². The van der Waals surface area contributed by atoms with Gasteiger partial charge in [0.2, 0.25) is 21.8 Å². The van der Waals surface area contributed by atoms with Crippen LogP contribution in [0.1, 0.15) is 33.3 Å². The van der Waals surface area contributed by atoms with Gasteiger partial charge in [-0.3, -0.25) is 13.9 Å². The van der Waals surface area contributed by atoms with Crippen molar-refractivity contribution >= 4 is 27.5 Å². The van der Waals surface area contributed by atoms with Crippen LogP contribution < -0.4 is 14.4 Å². The summed E-state index contributed by atoms with van der Waals surface area (Å²) in [6.45, 7) is 7.55. The van der Waals surface area contributed by atoms with Crippen LogP contribution in [-0.4, -0.2) is 63.2 Å². The van der Waals surface area contributed by atoms with Crippen LogP contribution in [0.3, 0.4) is 0 Å². The second-order valence-electron chi connectivity index (χ2n) is 8.36. The zero-order valence-electron chi connectivity index (χ0n) is 20.5. The zero-order chi connectivity index (χ0) is 25.3. The van der Waals surface area contributed by atoms with Gasteiger partial charge in [-0.1, -0.05) is 30.3 Å². The molecule has 0 unspecified atom stereocenters. The molecular formula is C25H35N3O5S. The average molecular weight is 490 g/mol. The van der Waals surface area contributed by atoms with Gasteiger partial charge in [0.15, 0.2) is 0 Å². The van der Waals surface area contributed by atoms with Crippen molar-refractivity contribution in [2.75, 3.05) is 30.3 Å². The van der Waals surface area contributed by atoms with Crippen molar-refractivity contribution in [1.29, 1.82) is 0 Å². The Labute approximate surface area is 202 Å². The van der Waals surface area contributed by atoms with E-state index in [9.17, 15) is 18.0 Å². The van der Waals surface area contributed by atoms with Gasteiger partial charge >= 0.3 is 0 Å². The molecule has 2 rings (SSSR count). The summed E-state index contributed by atoms with van der Waals surface area (Å²) in [6, 6.07) is 15.3. The number of carbonyl (C=O) groups is 2. The largest absolute Gasteiger partial charge is 0.494 e. The highest BCUT2D eigenvalue weighted by molar-refractivity contribution is 7.92. The molecule has 0 heterocycles. The Balaban J connectivity index is 2.29. The molecule has 8 nitrogen and oxygen atoms in total. The normalized spacial score (nSPS) is 12.2. The van der Waals surface area contributed by atoms with Crippen molar-refractivity contribution in [2.45, 2.75) is 46.2 Å². The summed E-state index contributed by atoms with van der Waals surface area (Å²) in [5.74, 6) is -0.139. The van der Waals surface area contributed by atoms with E-state index >= 15 is 0 Å². The van der Waals surface area contributed by atoms with E-state index in [-0.39, 0.29) is 18.5 Å². The fourth-order valence-corrected chi connectivity index (χ4v) is 4.31. The van der Waals surface area contributed by atoms with Gasteiger partial charge < -0.3 is 15.0 Å². The maximum atomic E-state index is 13.4. The molecule has 1 atom stereocenters. The van der Waals surface area contributed by atoms with Crippen molar-refractivity contribution < 1.29 is 22.7 Å². The molecule has 34 heavy (non-hydrogen) atoms. The molecule has 2 aromatic carbocycles. The second kappa shape index (κ2) is 12.4. The molecule has 0 aliphatic rings. The number of hydrogen-bond acceptors (Lipinski definition) is 5. The summed E-state index contributed by atoms with van der Waals surface area (Å²) >= 11 is 0. The molecule has 2 aromatic rings. The third-order valence-corrected chi connectivity index (χ3v) is 6.34. The Kier molecular flexibility index (Phi) is 9.92. The standard InChI is InChI=1S/C25H35N3O5S/c1-6-33-23-14-12-22(13-15-23)28(34(5,31)32)18-24(29)27(20(4)25(30)26-19(2)3)17-16-21-10-8-7-9-11-21/h7-15,19-20H,6,16-18H2,1-5H3,(H,26,30)/t20-/m1/s1. The van der Waals surface area contributed by atoms with Gasteiger partial charge in [0.25, 0.3) is 0 Å². The molecule has 1 N–H and O–H groups in total. The van der Waals surface area contributed by atoms with E-state index in [1.807, 2.05) is 51.1 Å². The SMILES string of the molecule is CCOc1ccc(N(CC(=O)N(CCc2ccccc2)[C@H](C)C(=O)NC(C)C)S(C)(=O)=O)cc1. The predicted molar refractivity (Wildman–Crippen MR) is 134 cm³/mol. The number of rotatable bonds is 12. The molecule has 0 radical (unpaired) electrons. The Morgan fingerprint density at radius 3 is 2.15 bits per heavy atom. The van der Waals surface area contributed by atoms with E-state index in [0.717, 1.165) is 16.1 Å². The molecule has 0 aliphatic heterocycles. The summed E-state index contributed by atoms with van der Waals surface area (Å²) in [5.41, 5.74) is 1.37. The first-order valence-electron chi connectivity index (χ1n) is 11.4. The number of sulfonamides is 1. The minimum absolute atomic E-state index is 0.0857. The van der Waals surface area contributed by atoms with E-state index < -0.39 is 28.5 Å². The molecule has 0 saturated heterocycles. The molecule has 0 aliphatic carbocycles. The van der Waals surface area contributed by atoms with Crippen LogP contribution in [-0.2, 0) is 26.0 Å². The van der Waals surface area contributed by atoms with E-state index in [1.165, 1.54) is 4.90 Å². The second-order valence-corrected chi connectivity index (χ2v) is 10.3. The Morgan fingerprint density at radius 1 is 1.00 bits per heavy atom. The van der Waals surface area contributed by atoms with E-state index in [1.54, 1.807) is 31.2 Å². The first-order chi connectivity index (χ1) is 16.0. The maximum Gasteiger partial charge on any atom is 0.244 e. The van der Waals surface area contributed by atoms with Crippen LogP contribution in [0.4, 0.5) is 5.69 Å². The number of amides is 2. The summed E-state index contributed by atoms with van der Waals surface area (Å²) in [5, 5.41) is 2.83. The number of benzene rings is 2. The summed E-state index contributed by atoms with van der Waals surface area (Å²) in [7, 11) is -3.76. The van der Waals surface area contributed by atoms with Gasteiger partial charge in [0, 0.05) is 12.6 Å². The summed E-state index contributed by atoms with van der Waals surface area (Å²) in [6.07, 6.45) is 1.59. The van der Waals surface area contributed by atoms with E-state index in [0.29, 0.717) is 24.5 Å². The number of hydrogen-bond donors (Lipinski definition) is 1. The molecular weight excluding hydrogens is 454 g/mol. The summed E-state index contributed by atoms with van der Waals surface area (Å²) in [4.78, 5) is 27.6. The minimum Gasteiger partial charge on any atom is -0.494 e. The van der Waals surface area contributed by atoms with Gasteiger partial charge in [-0.25, -0.2) is 8.42 Å². The fourth-order valence-electron chi connectivity index (χ4n) is 3.46. The topological polar surface area (TPSA) is 96.0 Å². The quantitative estimate of drug-likeness (QED) is 0.495. The Morgan fingerprint density at radius 2 is 1.62 bits per heavy atom. The molecule has 9 heteroatoms. The minimum atomic E-state index is -3.76. The fraction of sp³-hybridized carbons (Fsp3) is 0.440. The van der Waals surface area contributed by atoms with Crippen LogP contribution in [0.25, 0.3) is 0 Å². The lowest BCUT2D eigenvalue weighted by atomic mass is 10.1. The Bertz CT molecular complexity index is 1040. The van der Waals surface area contributed by atoms with Crippen molar-refractivity contribution in [2.24, 2.45) is 0 Å². The smallest absolute Gasteiger partial charge is 0.244 e. The Hall–Kier alpha value is -3.07. The van der Waals surface area contributed by atoms with E-state index in [2.05, 4.69) is 5.32 Å². The first kappa shape index (κ1) is 27.2. The molecule has 0 bridgehead atoms. The van der Waals surface area contributed by atoms with Gasteiger partial charge in [-0.15, -0.1) is 0 Å². The maximum absolute atomic E-state index is 13.4. The van der Waals surface area contributed by atoms with Gasteiger partial charge in [0.1, 0.15) is 18.3 Å². The lowest BCUT2D eigenvalue weighted by Gasteiger charge is -2.31. The first-order valence-corrected chi connectivity index (χ1v) is 13.2. The van der Waals surface area contributed by atoms with Crippen LogP contribution in [0.15, 0.2) is 54.6 Å². The number of carbonyl (C=O) groups excluding carboxylic acids is 2. The average Bonchev–Trinajstić information content (AvgIpc) is 2.78. The van der Waals surface area contributed by atoms with Crippen molar-refractivity contribution in [3.8, 4) is 5.75 Å². The lowest BCUT2D eigenvalue weighted by Crippen LogP contribution is -2.53. The number of ether oxygens (including phenoxy) is 1. The number of nitrogens with one attached hydrogen (secondary N) is 1. The lowest BCUT2D eigenvalue weighted by molar-refractivity contribution is -0.139. The van der Waals surface area contributed by atoms with Crippen LogP contribution in [0.5, 0.6) is 5.75 Å². The molecule has 186 valence electrons. The third-order valence-electron chi connectivity index (χ3n) is 5.20. The van der Waals surface area contributed by atoms with Crippen LogP contribution in [0.2, 0.25) is 0 Å². The third kappa shape index (κ3) is 8.06. The molecule has 0 saturated carbocycles. The van der Waals surface area contributed by atoms with Crippen LogP contribution >= 0.6 is 0 Å². The van der Waals surface area contributed by atoms with E-state index in [4.69, 9.17) is 4.74 Å². The highest BCUT2D eigenvalue weighted by Crippen LogP contribution is 2.22. The molecule has 2 amide bonds. The molecule has 0 aromatic heterocycles. The molecule has 0 spiro atoms. The van der Waals surface area contributed by atoms with Crippen molar-refractivity contribution in [3.63, 3.8) is 0 Å². The van der Waals surface area contributed by atoms with Gasteiger partial charge in [0.05, 0.1) is 18.6 Å². The number of nitrogens with zero attached hydrogens (tertiary/aromatic N) is 2. The van der Waals surface area contributed by atoms with Crippen molar-refractivity contribution in [1.82, 2.24) is 10.2 Å². The number of anilines is 1. The summed E-state index contributed by atoms with van der Waals surface area (Å²) < 4.78 is 31.6. The zero-order valence-corrected chi connectivity index (χ0v) is 21.3.